The average molecular weight is 429 g/mol. The van der Waals surface area contributed by atoms with E-state index in [0.717, 1.165) is 44.7 Å². The number of nitrogens with zero attached hydrogens (tertiary/aromatic N) is 3. The SMILES string of the molecule is CNc1nc2[nH]c(-c3cccc(CNC(=O)CCOC)c3)cc2c2c1ncn2C.Cl. The van der Waals surface area contributed by atoms with Gasteiger partial charge < -0.3 is 24.9 Å². The van der Waals surface area contributed by atoms with Crippen LogP contribution in [0.1, 0.15) is 12.0 Å². The lowest BCUT2D eigenvalue weighted by atomic mass is 10.1. The van der Waals surface area contributed by atoms with Crippen LogP contribution in [0, 0.1) is 0 Å². The highest BCUT2D eigenvalue weighted by molar-refractivity contribution is 6.07. The van der Waals surface area contributed by atoms with E-state index in [1.807, 2.05) is 36.9 Å². The summed E-state index contributed by atoms with van der Waals surface area (Å²) >= 11 is 0. The molecule has 0 atom stereocenters. The van der Waals surface area contributed by atoms with Crippen molar-refractivity contribution in [2.75, 3.05) is 26.1 Å². The lowest BCUT2D eigenvalue weighted by Gasteiger charge is -2.06. The van der Waals surface area contributed by atoms with Crippen molar-refractivity contribution >= 4 is 46.2 Å². The number of rotatable bonds is 7. The smallest absolute Gasteiger partial charge is 0.222 e. The average Bonchev–Trinajstić information content (AvgIpc) is 3.33. The Labute approximate surface area is 180 Å². The van der Waals surface area contributed by atoms with E-state index in [0.29, 0.717) is 19.6 Å². The molecule has 0 saturated carbocycles. The number of imidazole rings is 1. The van der Waals surface area contributed by atoms with Crippen molar-refractivity contribution in [3.05, 3.63) is 42.2 Å². The fraction of sp³-hybridized carbons (Fsp3) is 0.286. The molecule has 4 aromatic rings. The van der Waals surface area contributed by atoms with Gasteiger partial charge >= 0.3 is 0 Å². The van der Waals surface area contributed by atoms with Gasteiger partial charge in [-0.05, 0) is 23.3 Å². The van der Waals surface area contributed by atoms with Crippen LogP contribution in [0.25, 0.3) is 33.3 Å². The number of aromatic amines is 1. The van der Waals surface area contributed by atoms with Gasteiger partial charge in [0.1, 0.15) is 11.2 Å². The van der Waals surface area contributed by atoms with Crippen LogP contribution in [0.4, 0.5) is 5.82 Å². The number of hydrogen-bond donors (Lipinski definition) is 3. The lowest BCUT2D eigenvalue weighted by molar-refractivity contribution is -0.122. The second-order valence-corrected chi connectivity index (χ2v) is 6.93. The molecular formula is C21H25ClN6O2. The standard InChI is InChI=1S/C21H24N6O2.ClH/c1-22-21-18-19(27(2)12-24-18)15-10-16(25-20(15)26-21)14-6-4-5-13(9-14)11-23-17(28)7-8-29-3;/h4-6,9-10,12H,7-8,11H2,1-3H3,(H,23,28)(H2,22,25,26);1H. The molecule has 3 heterocycles. The zero-order chi connectivity index (χ0) is 20.4. The molecule has 8 nitrogen and oxygen atoms in total. The quantitative estimate of drug-likeness (QED) is 0.420. The molecule has 0 aliphatic heterocycles. The monoisotopic (exact) mass is 428 g/mol. The number of pyridine rings is 1. The number of H-pyrrole nitrogens is 1. The molecule has 0 bridgehead atoms. The summed E-state index contributed by atoms with van der Waals surface area (Å²) < 4.78 is 6.94. The van der Waals surface area contributed by atoms with Crippen molar-refractivity contribution in [3.63, 3.8) is 0 Å². The Balaban J connectivity index is 0.00000256. The van der Waals surface area contributed by atoms with E-state index in [4.69, 9.17) is 4.74 Å². The normalized spacial score (nSPS) is 10.9. The second-order valence-electron chi connectivity index (χ2n) is 6.93. The minimum absolute atomic E-state index is 0. The Morgan fingerprint density at radius 3 is 2.90 bits per heavy atom. The van der Waals surface area contributed by atoms with Crippen molar-refractivity contribution in [2.45, 2.75) is 13.0 Å². The van der Waals surface area contributed by atoms with Crippen LogP contribution in [-0.4, -0.2) is 46.2 Å². The van der Waals surface area contributed by atoms with E-state index in [1.54, 1.807) is 13.4 Å². The molecule has 1 amide bonds. The highest BCUT2D eigenvalue weighted by atomic mass is 35.5. The third kappa shape index (κ3) is 4.10. The maximum absolute atomic E-state index is 11.8. The van der Waals surface area contributed by atoms with Crippen LogP contribution in [0.5, 0.6) is 0 Å². The number of methoxy groups -OCH3 is 1. The predicted octanol–water partition coefficient (Wildman–Crippen LogP) is 3.23. The molecule has 0 spiro atoms. The molecule has 3 aromatic heterocycles. The van der Waals surface area contributed by atoms with Crippen LogP contribution < -0.4 is 10.6 Å². The molecule has 0 aliphatic rings. The van der Waals surface area contributed by atoms with Crippen LogP contribution in [-0.2, 0) is 23.1 Å². The highest BCUT2D eigenvalue weighted by Crippen LogP contribution is 2.31. The summed E-state index contributed by atoms with van der Waals surface area (Å²) in [5.74, 6) is 0.722. The highest BCUT2D eigenvalue weighted by Gasteiger charge is 2.15. The molecule has 0 saturated heterocycles. The Morgan fingerprint density at radius 1 is 1.30 bits per heavy atom. The topological polar surface area (TPSA) is 96.9 Å². The number of aromatic nitrogens is 4. The molecule has 0 unspecified atom stereocenters. The number of halogens is 1. The van der Waals surface area contributed by atoms with E-state index >= 15 is 0 Å². The molecule has 158 valence electrons. The lowest BCUT2D eigenvalue weighted by Crippen LogP contribution is -2.23. The van der Waals surface area contributed by atoms with Crippen molar-refractivity contribution in [3.8, 4) is 11.3 Å². The van der Waals surface area contributed by atoms with Gasteiger partial charge in [0.25, 0.3) is 0 Å². The van der Waals surface area contributed by atoms with Crippen molar-refractivity contribution in [1.29, 1.82) is 0 Å². The van der Waals surface area contributed by atoms with Gasteiger partial charge in [-0.3, -0.25) is 4.79 Å². The Kier molecular flexibility index (Phi) is 6.59. The first-order valence-electron chi connectivity index (χ1n) is 9.47. The maximum Gasteiger partial charge on any atom is 0.222 e. The minimum Gasteiger partial charge on any atom is -0.384 e. The van der Waals surface area contributed by atoms with E-state index in [1.165, 1.54) is 0 Å². The number of nitrogens with one attached hydrogen (secondary N) is 3. The molecule has 0 aliphatic carbocycles. The van der Waals surface area contributed by atoms with Gasteiger partial charge in [0, 0.05) is 45.3 Å². The van der Waals surface area contributed by atoms with Gasteiger partial charge in [-0.25, -0.2) is 9.97 Å². The summed E-state index contributed by atoms with van der Waals surface area (Å²) in [5, 5.41) is 7.06. The Morgan fingerprint density at radius 2 is 2.13 bits per heavy atom. The number of anilines is 1. The zero-order valence-corrected chi connectivity index (χ0v) is 18.0. The Hall–Kier alpha value is -3.10. The van der Waals surface area contributed by atoms with Gasteiger partial charge in [0.15, 0.2) is 5.82 Å². The van der Waals surface area contributed by atoms with E-state index in [2.05, 4.69) is 37.7 Å². The molecule has 9 heteroatoms. The summed E-state index contributed by atoms with van der Waals surface area (Å²) in [6.45, 7) is 0.899. The van der Waals surface area contributed by atoms with Gasteiger partial charge in [0.2, 0.25) is 5.91 Å². The number of amides is 1. The summed E-state index contributed by atoms with van der Waals surface area (Å²) in [7, 11) is 5.41. The van der Waals surface area contributed by atoms with Gasteiger partial charge in [-0.2, -0.15) is 0 Å². The third-order valence-corrected chi connectivity index (χ3v) is 4.93. The number of ether oxygens (including phenoxy) is 1. The molecule has 0 fully saturated rings. The second kappa shape index (κ2) is 9.15. The first kappa shape index (κ1) is 21.6. The number of benzene rings is 1. The molecular weight excluding hydrogens is 404 g/mol. The minimum atomic E-state index is -0.0229. The Bertz CT molecular complexity index is 1180. The first-order valence-corrected chi connectivity index (χ1v) is 9.47. The summed E-state index contributed by atoms with van der Waals surface area (Å²) in [5.41, 5.74) is 5.72. The molecule has 0 radical (unpaired) electrons. The van der Waals surface area contributed by atoms with Gasteiger partial charge in [-0.15, -0.1) is 12.4 Å². The fourth-order valence-electron chi connectivity index (χ4n) is 3.46. The summed E-state index contributed by atoms with van der Waals surface area (Å²) in [6.07, 6.45) is 2.16. The van der Waals surface area contributed by atoms with Gasteiger partial charge in [0.05, 0.1) is 18.5 Å². The number of carbonyl (C=O) groups excluding carboxylic acids is 1. The number of carbonyl (C=O) groups is 1. The van der Waals surface area contributed by atoms with E-state index in [-0.39, 0.29) is 18.3 Å². The van der Waals surface area contributed by atoms with Crippen LogP contribution in [0.3, 0.4) is 0 Å². The van der Waals surface area contributed by atoms with Crippen LogP contribution in [0.2, 0.25) is 0 Å². The van der Waals surface area contributed by atoms with E-state index < -0.39 is 0 Å². The van der Waals surface area contributed by atoms with Crippen molar-refractivity contribution in [1.82, 2.24) is 24.8 Å². The zero-order valence-electron chi connectivity index (χ0n) is 17.2. The molecule has 4 rings (SSSR count). The largest absolute Gasteiger partial charge is 0.384 e. The summed E-state index contributed by atoms with van der Waals surface area (Å²) in [4.78, 5) is 24.4. The van der Waals surface area contributed by atoms with E-state index in [9.17, 15) is 4.79 Å². The number of fused-ring (bicyclic) bond motifs is 3. The number of aryl methyl sites for hydroxylation is 1. The fourth-order valence-corrected chi connectivity index (χ4v) is 3.46. The maximum atomic E-state index is 11.8. The number of hydrogen-bond acceptors (Lipinski definition) is 5. The van der Waals surface area contributed by atoms with Crippen LogP contribution in [0.15, 0.2) is 36.7 Å². The summed E-state index contributed by atoms with van der Waals surface area (Å²) in [6, 6.07) is 10.2. The first-order chi connectivity index (χ1) is 14.1. The van der Waals surface area contributed by atoms with Crippen molar-refractivity contribution in [2.24, 2.45) is 7.05 Å². The molecule has 1 aromatic carbocycles. The third-order valence-electron chi connectivity index (χ3n) is 4.93. The van der Waals surface area contributed by atoms with Gasteiger partial charge in [-0.1, -0.05) is 18.2 Å². The molecule has 3 N–H and O–H groups in total. The van der Waals surface area contributed by atoms with Crippen molar-refractivity contribution < 1.29 is 9.53 Å². The molecule has 30 heavy (non-hydrogen) atoms. The predicted molar refractivity (Wildman–Crippen MR) is 121 cm³/mol. The van der Waals surface area contributed by atoms with Crippen LogP contribution >= 0.6 is 12.4 Å².